The molecular formula is C12H22N4O. The second-order valence-electron chi connectivity index (χ2n) is 5.29. The van der Waals surface area contributed by atoms with Crippen molar-refractivity contribution in [1.29, 1.82) is 0 Å². The van der Waals surface area contributed by atoms with Crippen LogP contribution in [0.15, 0.2) is 12.3 Å². The van der Waals surface area contributed by atoms with Crippen LogP contribution in [0, 0.1) is 0 Å². The van der Waals surface area contributed by atoms with Gasteiger partial charge in [0, 0.05) is 25.3 Å². The molecule has 0 saturated carbocycles. The lowest BCUT2D eigenvalue weighted by Crippen LogP contribution is -2.49. The van der Waals surface area contributed by atoms with Gasteiger partial charge in [0.1, 0.15) is 0 Å². The Balaban J connectivity index is 2.42. The fraction of sp³-hybridized carbons (Fsp3) is 0.667. The second-order valence-corrected chi connectivity index (χ2v) is 5.29. The van der Waals surface area contributed by atoms with Gasteiger partial charge in [-0.15, -0.1) is 0 Å². The van der Waals surface area contributed by atoms with Crippen LogP contribution in [0.2, 0.25) is 0 Å². The minimum Gasteiger partial charge on any atom is -0.350 e. The van der Waals surface area contributed by atoms with Crippen molar-refractivity contribution in [3.05, 3.63) is 18.0 Å². The van der Waals surface area contributed by atoms with Gasteiger partial charge in [0.15, 0.2) is 0 Å². The number of hydrogen-bond acceptors (Lipinski definition) is 3. The van der Waals surface area contributed by atoms with Crippen LogP contribution in [0.4, 0.5) is 0 Å². The SMILES string of the molecule is CC(NCc1ccnn1C)C(=O)NC(C)(C)C. The number of amides is 1. The van der Waals surface area contributed by atoms with Gasteiger partial charge in [0.05, 0.1) is 11.7 Å². The Kier molecular flexibility index (Phi) is 4.28. The van der Waals surface area contributed by atoms with E-state index in [1.165, 1.54) is 0 Å². The third-order valence-corrected chi connectivity index (χ3v) is 2.40. The van der Waals surface area contributed by atoms with Crippen molar-refractivity contribution < 1.29 is 4.79 Å². The molecule has 1 unspecified atom stereocenters. The first kappa shape index (κ1) is 13.7. The van der Waals surface area contributed by atoms with Crippen LogP contribution in [0.3, 0.4) is 0 Å². The molecule has 1 amide bonds. The standard InChI is InChI=1S/C12H22N4O/c1-9(11(17)15-12(2,3)4)13-8-10-6-7-14-16(10)5/h6-7,9,13H,8H2,1-5H3,(H,15,17). The van der Waals surface area contributed by atoms with Crippen LogP contribution in [-0.4, -0.2) is 27.3 Å². The molecule has 17 heavy (non-hydrogen) atoms. The van der Waals surface area contributed by atoms with E-state index in [4.69, 9.17) is 0 Å². The number of nitrogens with one attached hydrogen (secondary N) is 2. The first-order chi connectivity index (χ1) is 7.79. The van der Waals surface area contributed by atoms with E-state index in [0.717, 1.165) is 5.69 Å². The van der Waals surface area contributed by atoms with Crippen molar-refractivity contribution >= 4 is 5.91 Å². The summed E-state index contributed by atoms with van der Waals surface area (Å²) in [6.07, 6.45) is 1.75. The van der Waals surface area contributed by atoms with E-state index in [2.05, 4.69) is 15.7 Å². The molecule has 0 fully saturated rings. The Morgan fingerprint density at radius 2 is 2.18 bits per heavy atom. The number of rotatable bonds is 4. The van der Waals surface area contributed by atoms with Gasteiger partial charge in [0.2, 0.25) is 5.91 Å². The number of aromatic nitrogens is 2. The lowest BCUT2D eigenvalue weighted by atomic mass is 10.1. The number of hydrogen-bond donors (Lipinski definition) is 2. The first-order valence-corrected chi connectivity index (χ1v) is 5.82. The van der Waals surface area contributed by atoms with Gasteiger partial charge >= 0.3 is 0 Å². The summed E-state index contributed by atoms with van der Waals surface area (Å²) >= 11 is 0. The summed E-state index contributed by atoms with van der Waals surface area (Å²) in [6.45, 7) is 8.41. The third kappa shape index (κ3) is 4.56. The molecule has 0 spiro atoms. The lowest BCUT2D eigenvalue weighted by Gasteiger charge is -2.23. The molecule has 1 aromatic heterocycles. The summed E-state index contributed by atoms with van der Waals surface area (Å²) in [4.78, 5) is 11.8. The van der Waals surface area contributed by atoms with Gasteiger partial charge in [-0.2, -0.15) is 5.10 Å². The molecule has 0 aliphatic carbocycles. The molecule has 1 atom stereocenters. The fourth-order valence-corrected chi connectivity index (χ4v) is 1.40. The van der Waals surface area contributed by atoms with Crippen molar-refractivity contribution in [2.45, 2.75) is 45.8 Å². The topological polar surface area (TPSA) is 59.0 Å². The van der Waals surface area contributed by atoms with E-state index in [9.17, 15) is 4.79 Å². The third-order valence-electron chi connectivity index (χ3n) is 2.40. The van der Waals surface area contributed by atoms with E-state index >= 15 is 0 Å². The average molecular weight is 238 g/mol. The van der Waals surface area contributed by atoms with Gasteiger partial charge in [0.25, 0.3) is 0 Å². The predicted molar refractivity (Wildman–Crippen MR) is 67.4 cm³/mol. The number of nitrogens with zero attached hydrogens (tertiary/aromatic N) is 2. The molecule has 5 heteroatoms. The van der Waals surface area contributed by atoms with Crippen molar-refractivity contribution in [1.82, 2.24) is 20.4 Å². The minimum absolute atomic E-state index is 0.0136. The molecule has 0 aliphatic heterocycles. The number of carbonyl (C=O) groups is 1. The van der Waals surface area contributed by atoms with Crippen molar-refractivity contribution in [2.75, 3.05) is 0 Å². The van der Waals surface area contributed by atoms with Crippen molar-refractivity contribution in [2.24, 2.45) is 7.05 Å². The second kappa shape index (κ2) is 5.31. The quantitative estimate of drug-likeness (QED) is 0.816. The van der Waals surface area contributed by atoms with Crippen LogP contribution in [0.5, 0.6) is 0 Å². The van der Waals surface area contributed by atoms with Crippen molar-refractivity contribution in [3.8, 4) is 0 Å². The van der Waals surface area contributed by atoms with Gasteiger partial charge in [-0.1, -0.05) is 0 Å². The maximum absolute atomic E-state index is 11.8. The molecule has 0 saturated heterocycles. The highest BCUT2D eigenvalue weighted by molar-refractivity contribution is 5.81. The van der Waals surface area contributed by atoms with Crippen LogP contribution in [-0.2, 0) is 18.4 Å². The Bertz CT molecular complexity index is 378. The highest BCUT2D eigenvalue weighted by Crippen LogP contribution is 2.00. The van der Waals surface area contributed by atoms with Gasteiger partial charge < -0.3 is 10.6 Å². The zero-order chi connectivity index (χ0) is 13.1. The highest BCUT2D eigenvalue weighted by Gasteiger charge is 2.18. The Hall–Kier alpha value is -1.36. The number of aryl methyl sites for hydroxylation is 1. The molecule has 0 aromatic carbocycles. The van der Waals surface area contributed by atoms with Crippen molar-refractivity contribution in [3.63, 3.8) is 0 Å². The van der Waals surface area contributed by atoms with Gasteiger partial charge in [-0.3, -0.25) is 9.48 Å². The highest BCUT2D eigenvalue weighted by atomic mass is 16.2. The maximum atomic E-state index is 11.8. The van der Waals surface area contributed by atoms with E-state index in [0.29, 0.717) is 6.54 Å². The van der Waals surface area contributed by atoms with E-state index in [1.807, 2.05) is 40.8 Å². The summed E-state index contributed by atoms with van der Waals surface area (Å²) in [5.74, 6) is 0.0136. The first-order valence-electron chi connectivity index (χ1n) is 5.82. The molecular weight excluding hydrogens is 216 g/mol. The summed E-state index contributed by atoms with van der Waals surface area (Å²) in [6, 6.07) is 1.71. The lowest BCUT2D eigenvalue weighted by molar-refractivity contribution is -0.124. The molecule has 0 radical (unpaired) electrons. The summed E-state index contributed by atoms with van der Waals surface area (Å²) in [5, 5.41) is 10.2. The molecule has 2 N–H and O–H groups in total. The monoisotopic (exact) mass is 238 g/mol. The van der Waals surface area contributed by atoms with E-state index in [1.54, 1.807) is 10.9 Å². The summed E-state index contributed by atoms with van der Waals surface area (Å²) < 4.78 is 1.79. The zero-order valence-corrected chi connectivity index (χ0v) is 11.2. The van der Waals surface area contributed by atoms with Crippen LogP contribution in [0.1, 0.15) is 33.4 Å². The largest absolute Gasteiger partial charge is 0.350 e. The number of carbonyl (C=O) groups excluding carboxylic acids is 1. The smallest absolute Gasteiger partial charge is 0.237 e. The maximum Gasteiger partial charge on any atom is 0.237 e. The summed E-state index contributed by atoms with van der Waals surface area (Å²) in [7, 11) is 1.89. The minimum atomic E-state index is -0.218. The normalized spacial score (nSPS) is 13.5. The van der Waals surface area contributed by atoms with Gasteiger partial charge in [-0.05, 0) is 33.8 Å². The molecule has 0 bridgehead atoms. The van der Waals surface area contributed by atoms with Crippen LogP contribution >= 0.6 is 0 Å². The molecule has 0 aliphatic rings. The Morgan fingerprint density at radius 1 is 1.53 bits per heavy atom. The van der Waals surface area contributed by atoms with E-state index < -0.39 is 0 Å². The average Bonchev–Trinajstić information content (AvgIpc) is 2.57. The van der Waals surface area contributed by atoms with Gasteiger partial charge in [-0.25, -0.2) is 0 Å². The zero-order valence-electron chi connectivity index (χ0n) is 11.2. The summed E-state index contributed by atoms with van der Waals surface area (Å²) in [5.41, 5.74) is 0.861. The predicted octanol–water partition coefficient (Wildman–Crippen LogP) is 0.813. The van der Waals surface area contributed by atoms with Crippen LogP contribution in [0.25, 0.3) is 0 Å². The molecule has 1 heterocycles. The Labute approximate surface area is 103 Å². The fourth-order valence-electron chi connectivity index (χ4n) is 1.40. The molecule has 1 rings (SSSR count). The van der Waals surface area contributed by atoms with E-state index in [-0.39, 0.29) is 17.5 Å². The van der Waals surface area contributed by atoms with Crippen LogP contribution < -0.4 is 10.6 Å². The molecule has 1 aromatic rings. The molecule has 96 valence electrons. The molecule has 5 nitrogen and oxygen atoms in total. The Morgan fingerprint density at radius 3 is 2.65 bits per heavy atom.